The van der Waals surface area contributed by atoms with Gasteiger partial charge in [-0.05, 0) is 56.2 Å². The van der Waals surface area contributed by atoms with Gasteiger partial charge in [0.25, 0.3) is 5.91 Å². The number of aryl methyl sites for hydroxylation is 3. The van der Waals surface area contributed by atoms with E-state index < -0.39 is 0 Å². The van der Waals surface area contributed by atoms with Crippen LogP contribution in [-0.4, -0.2) is 24.9 Å². The van der Waals surface area contributed by atoms with E-state index >= 15 is 0 Å². The molecular formula is C21H24N2O2. The van der Waals surface area contributed by atoms with E-state index in [0.717, 1.165) is 11.3 Å². The van der Waals surface area contributed by atoms with Gasteiger partial charge in [-0.2, -0.15) is 0 Å². The number of carbonyl (C=O) groups is 2. The molecule has 1 saturated heterocycles. The van der Waals surface area contributed by atoms with Gasteiger partial charge in [-0.1, -0.05) is 23.8 Å². The van der Waals surface area contributed by atoms with E-state index in [9.17, 15) is 9.59 Å². The average Bonchev–Trinajstić information content (AvgIpc) is 2.96. The molecule has 0 saturated carbocycles. The number of hydrogen-bond acceptors (Lipinski definition) is 2. The lowest BCUT2D eigenvalue weighted by atomic mass is 10.1. The zero-order valence-corrected chi connectivity index (χ0v) is 15.0. The Morgan fingerprint density at radius 3 is 2.48 bits per heavy atom. The minimum absolute atomic E-state index is 0.0793. The molecule has 0 bridgehead atoms. The minimum Gasteiger partial charge on any atom is -0.352 e. The molecule has 2 aromatic rings. The lowest BCUT2D eigenvalue weighted by molar-refractivity contribution is -0.117. The molecule has 1 unspecified atom stereocenters. The maximum atomic E-state index is 12.3. The Labute approximate surface area is 148 Å². The first-order valence-corrected chi connectivity index (χ1v) is 8.66. The first kappa shape index (κ1) is 17.2. The fourth-order valence-corrected chi connectivity index (χ4v) is 3.11. The molecule has 25 heavy (non-hydrogen) atoms. The summed E-state index contributed by atoms with van der Waals surface area (Å²) in [4.78, 5) is 26.4. The van der Waals surface area contributed by atoms with Gasteiger partial charge in [0.2, 0.25) is 5.91 Å². The highest BCUT2D eigenvalue weighted by Gasteiger charge is 2.30. The lowest BCUT2D eigenvalue weighted by Gasteiger charge is -2.17. The van der Waals surface area contributed by atoms with Gasteiger partial charge in [0.15, 0.2) is 0 Å². The summed E-state index contributed by atoms with van der Waals surface area (Å²) < 4.78 is 0. The van der Waals surface area contributed by atoms with E-state index in [1.54, 1.807) is 0 Å². The summed E-state index contributed by atoms with van der Waals surface area (Å²) in [5.74, 6) is 0.183. The van der Waals surface area contributed by atoms with Crippen LogP contribution in [0.2, 0.25) is 0 Å². The van der Waals surface area contributed by atoms with Crippen molar-refractivity contribution in [1.82, 2.24) is 5.32 Å². The predicted molar refractivity (Wildman–Crippen MR) is 99.9 cm³/mol. The minimum atomic E-state index is -0.0793. The van der Waals surface area contributed by atoms with Gasteiger partial charge in [-0.3, -0.25) is 9.59 Å². The molecular weight excluding hydrogens is 312 g/mol. The molecule has 130 valence electrons. The molecule has 0 radical (unpaired) electrons. The number of rotatable bonds is 4. The highest BCUT2D eigenvalue weighted by molar-refractivity contribution is 5.96. The van der Waals surface area contributed by atoms with Crippen molar-refractivity contribution in [3.05, 3.63) is 64.7 Å². The summed E-state index contributed by atoms with van der Waals surface area (Å²) in [6.07, 6.45) is 0.473. The standard InChI is InChI=1S/C21H24N2O2/c1-14-4-8-19(9-5-14)23-13-17(11-20(23)24)12-22-21(25)18-7-6-15(2)16(3)10-18/h4-10,17H,11-13H2,1-3H3,(H,22,25). The van der Waals surface area contributed by atoms with Gasteiger partial charge in [0.05, 0.1) is 0 Å². The van der Waals surface area contributed by atoms with Crippen molar-refractivity contribution in [1.29, 1.82) is 0 Å². The third kappa shape index (κ3) is 3.90. The van der Waals surface area contributed by atoms with E-state index in [4.69, 9.17) is 0 Å². The molecule has 1 atom stereocenters. The number of nitrogens with zero attached hydrogens (tertiary/aromatic N) is 1. The van der Waals surface area contributed by atoms with Crippen LogP contribution >= 0.6 is 0 Å². The van der Waals surface area contributed by atoms with Gasteiger partial charge in [0, 0.05) is 36.7 Å². The van der Waals surface area contributed by atoms with Crippen molar-refractivity contribution in [3.8, 4) is 0 Å². The third-order valence-electron chi connectivity index (χ3n) is 4.87. The SMILES string of the molecule is Cc1ccc(N2CC(CNC(=O)c3ccc(C)c(C)c3)CC2=O)cc1. The van der Waals surface area contributed by atoms with Crippen LogP contribution in [0.1, 0.15) is 33.5 Å². The molecule has 1 N–H and O–H groups in total. The molecule has 2 aromatic carbocycles. The molecule has 0 spiro atoms. The maximum absolute atomic E-state index is 12.3. The van der Waals surface area contributed by atoms with Crippen molar-refractivity contribution < 1.29 is 9.59 Å². The number of benzene rings is 2. The van der Waals surface area contributed by atoms with Crippen molar-refractivity contribution in [3.63, 3.8) is 0 Å². The smallest absolute Gasteiger partial charge is 0.251 e. The van der Waals surface area contributed by atoms with Gasteiger partial charge in [-0.25, -0.2) is 0 Å². The first-order valence-electron chi connectivity index (χ1n) is 8.66. The molecule has 1 aliphatic heterocycles. The Morgan fingerprint density at radius 2 is 1.80 bits per heavy atom. The molecule has 3 rings (SSSR count). The van der Waals surface area contributed by atoms with E-state index in [1.165, 1.54) is 11.1 Å². The average molecular weight is 336 g/mol. The Hall–Kier alpha value is -2.62. The molecule has 0 aromatic heterocycles. The van der Waals surface area contributed by atoms with E-state index in [1.807, 2.05) is 68.1 Å². The summed E-state index contributed by atoms with van der Waals surface area (Å²) in [7, 11) is 0. The van der Waals surface area contributed by atoms with Gasteiger partial charge >= 0.3 is 0 Å². The molecule has 4 heteroatoms. The quantitative estimate of drug-likeness (QED) is 0.930. The van der Waals surface area contributed by atoms with Crippen molar-refractivity contribution in [2.45, 2.75) is 27.2 Å². The second kappa shape index (κ2) is 7.09. The molecule has 1 fully saturated rings. The predicted octanol–water partition coefficient (Wildman–Crippen LogP) is 3.39. The van der Waals surface area contributed by atoms with Crippen molar-refractivity contribution in [2.24, 2.45) is 5.92 Å². The zero-order chi connectivity index (χ0) is 18.0. The normalized spacial score (nSPS) is 17.0. The molecule has 1 aliphatic rings. The molecule has 2 amide bonds. The number of carbonyl (C=O) groups excluding carboxylic acids is 2. The van der Waals surface area contributed by atoms with E-state index in [0.29, 0.717) is 25.1 Å². The number of hydrogen-bond donors (Lipinski definition) is 1. The second-order valence-corrected chi connectivity index (χ2v) is 6.92. The van der Waals surface area contributed by atoms with Crippen LogP contribution in [0.3, 0.4) is 0 Å². The zero-order valence-electron chi connectivity index (χ0n) is 15.0. The van der Waals surface area contributed by atoms with E-state index in [-0.39, 0.29) is 17.7 Å². The summed E-state index contributed by atoms with van der Waals surface area (Å²) >= 11 is 0. The van der Waals surface area contributed by atoms with Gasteiger partial charge in [-0.15, -0.1) is 0 Å². The third-order valence-corrected chi connectivity index (χ3v) is 4.87. The largest absolute Gasteiger partial charge is 0.352 e. The monoisotopic (exact) mass is 336 g/mol. The second-order valence-electron chi connectivity index (χ2n) is 6.92. The van der Waals surface area contributed by atoms with Crippen LogP contribution in [0.4, 0.5) is 5.69 Å². The summed E-state index contributed by atoms with van der Waals surface area (Å²) in [5.41, 5.74) is 5.05. The highest BCUT2D eigenvalue weighted by Crippen LogP contribution is 2.25. The Bertz CT molecular complexity index is 796. The number of nitrogens with one attached hydrogen (secondary N) is 1. The molecule has 0 aliphatic carbocycles. The van der Waals surface area contributed by atoms with Crippen LogP contribution in [0.5, 0.6) is 0 Å². The molecule has 1 heterocycles. The maximum Gasteiger partial charge on any atom is 0.251 e. The first-order chi connectivity index (χ1) is 11.9. The van der Waals surface area contributed by atoms with Crippen molar-refractivity contribution in [2.75, 3.05) is 18.0 Å². The Morgan fingerprint density at radius 1 is 1.08 bits per heavy atom. The van der Waals surface area contributed by atoms with Crippen LogP contribution in [0, 0.1) is 26.7 Å². The van der Waals surface area contributed by atoms with Crippen LogP contribution in [0.25, 0.3) is 0 Å². The number of amides is 2. The molecule has 4 nitrogen and oxygen atoms in total. The Kier molecular flexibility index (Phi) is 4.88. The summed E-state index contributed by atoms with van der Waals surface area (Å²) in [5, 5.41) is 2.97. The highest BCUT2D eigenvalue weighted by atomic mass is 16.2. The lowest BCUT2D eigenvalue weighted by Crippen LogP contribution is -2.31. The fraction of sp³-hybridized carbons (Fsp3) is 0.333. The van der Waals surface area contributed by atoms with Crippen LogP contribution in [-0.2, 0) is 4.79 Å². The number of anilines is 1. The Balaban J connectivity index is 1.59. The topological polar surface area (TPSA) is 49.4 Å². The van der Waals surface area contributed by atoms with Gasteiger partial charge in [0.1, 0.15) is 0 Å². The summed E-state index contributed by atoms with van der Waals surface area (Å²) in [6, 6.07) is 13.7. The van der Waals surface area contributed by atoms with Crippen LogP contribution < -0.4 is 10.2 Å². The van der Waals surface area contributed by atoms with Crippen molar-refractivity contribution >= 4 is 17.5 Å². The van der Waals surface area contributed by atoms with Crippen LogP contribution in [0.15, 0.2) is 42.5 Å². The summed E-state index contributed by atoms with van der Waals surface area (Å²) in [6.45, 7) is 7.22. The van der Waals surface area contributed by atoms with Gasteiger partial charge < -0.3 is 10.2 Å². The van der Waals surface area contributed by atoms with E-state index in [2.05, 4.69) is 5.32 Å². The fourth-order valence-electron chi connectivity index (χ4n) is 3.11.